The van der Waals surface area contributed by atoms with Gasteiger partial charge in [-0.15, -0.1) is 0 Å². The minimum atomic E-state index is -0.215. The van der Waals surface area contributed by atoms with Gasteiger partial charge in [0.25, 0.3) is 0 Å². The van der Waals surface area contributed by atoms with E-state index in [-0.39, 0.29) is 5.91 Å². The smallest absolute Gasteiger partial charge is 0.248 e. The number of aromatic nitrogens is 5. The lowest BCUT2D eigenvalue weighted by atomic mass is 10.0. The highest BCUT2D eigenvalue weighted by Crippen LogP contribution is 2.24. The molecule has 0 aliphatic carbocycles. The van der Waals surface area contributed by atoms with Crippen LogP contribution in [-0.2, 0) is 18.9 Å². The highest BCUT2D eigenvalue weighted by molar-refractivity contribution is 6.02. The standard InChI is InChI=1S/C22H20N6O/c1-27-15-18(14-25-27)20-8-10-23-13-17(20)6-7-22(29)26-19-5-3-4-16(12-19)21-9-11-24-28(21)2/h3-15H,1-2H3,(H,26,29)/b7-6+. The largest absolute Gasteiger partial charge is 0.322 e. The molecule has 29 heavy (non-hydrogen) atoms. The molecule has 0 aliphatic heterocycles. The molecule has 144 valence electrons. The predicted molar refractivity (Wildman–Crippen MR) is 113 cm³/mol. The third-order valence-corrected chi connectivity index (χ3v) is 4.53. The lowest BCUT2D eigenvalue weighted by Crippen LogP contribution is -2.07. The number of rotatable bonds is 5. The van der Waals surface area contributed by atoms with Crippen LogP contribution >= 0.6 is 0 Å². The number of nitrogens with one attached hydrogen (secondary N) is 1. The second kappa shape index (κ2) is 7.93. The summed E-state index contributed by atoms with van der Waals surface area (Å²) in [4.78, 5) is 16.6. The van der Waals surface area contributed by atoms with Crippen molar-refractivity contribution in [2.24, 2.45) is 14.1 Å². The van der Waals surface area contributed by atoms with Gasteiger partial charge in [-0.25, -0.2) is 0 Å². The van der Waals surface area contributed by atoms with Crippen LogP contribution in [0, 0.1) is 0 Å². The van der Waals surface area contributed by atoms with Crippen LogP contribution in [0.1, 0.15) is 5.56 Å². The van der Waals surface area contributed by atoms with Crippen molar-refractivity contribution in [1.29, 1.82) is 0 Å². The first-order valence-electron chi connectivity index (χ1n) is 9.11. The molecule has 3 heterocycles. The van der Waals surface area contributed by atoms with Gasteiger partial charge in [0.15, 0.2) is 0 Å². The molecule has 7 nitrogen and oxygen atoms in total. The summed E-state index contributed by atoms with van der Waals surface area (Å²) in [5.74, 6) is -0.215. The molecule has 1 amide bonds. The molecule has 4 aromatic rings. The van der Waals surface area contributed by atoms with Gasteiger partial charge >= 0.3 is 0 Å². The maximum absolute atomic E-state index is 12.5. The first-order valence-corrected chi connectivity index (χ1v) is 9.11. The van der Waals surface area contributed by atoms with E-state index in [0.717, 1.165) is 33.6 Å². The van der Waals surface area contributed by atoms with Gasteiger partial charge in [-0.3, -0.25) is 19.1 Å². The van der Waals surface area contributed by atoms with E-state index in [0.29, 0.717) is 0 Å². The lowest BCUT2D eigenvalue weighted by Gasteiger charge is -2.07. The van der Waals surface area contributed by atoms with Crippen LogP contribution < -0.4 is 5.32 Å². The number of pyridine rings is 1. The van der Waals surface area contributed by atoms with E-state index in [4.69, 9.17) is 0 Å². The van der Waals surface area contributed by atoms with E-state index < -0.39 is 0 Å². The van der Waals surface area contributed by atoms with Crippen molar-refractivity contribution in [2.75, 3.05) is 5.32 Å². The van der Waals surface area contributed by atoms with Gasteiger partial charge in [0.05, 0.1) is 11.9 Å². The number of nitrogens with zero attached hydrogens (tertiary/aromatic N) is 5. The molecule has 0 atom stereocenters. The van der Waals surface area contributed by atoms with E-state index in [2.05, 4.69) is 20.5 Å². The van der Waals surface area contributed by atoms with Gasteiger partial charge in [0, 0.05) is 67.3 Å². The summed E-state index contributed by atoms with van der Waals surface area (Å²) in [5.41, 5.74) is 5.47. The topological polar surface area (TPSA) is 77.6 Å². The van der Waals surface area contributed by atoms with Gasteiger partial charge in [0.1, 0.15) is 0 Å². The number of carbonyl (C=O) groups is 1. The van der Waals surface area contributed by atoms with Gasteiger partial charge in [-0.05, 0) is 35.9 Å². The zero-order valence-electron chi connectivity index (χ0n) is 16.1. The first kappa shape index (κ1) is 18.4. The van der Waals surface area contributed by atoms with E-state index in [1.165, 1.54) is 6.08 Å². The SMILES string of the molecule is Cn1cc(-c2ccncc2/C=C/C(=O)Nc2cccc(-c3ccnn3C)c2)cn1. The first-order chi connectivity index (χ1) is 14.1. The Hall–Kier alpha value is -4.00. The van der Waals surface area contributed by atoms with Crippen molar-refractivity contribution in [3.63, 3.8) is 0 Å². The molecule has 0 unspecified atom stereocenters. The molecule has 4 rings (SSSR count). The summed E-state index contributed by atoms with van der Waals surface area (Å²) < 4.78 is 3.54. The van der Waals surface area contributed by atoms with Crippen LogP contribution in [0.5, 0.6) is 0 Å². The number of hydrogen-bond donors (Lipinski definition) is 1. The molecule has 0 aliphatic rings. The Bertz CT molecular complexity index is 1190. The van der Waals surface area contributed by atoms with Crippen molar-refractivity contribution in [3.05, 3.63) is 79.0 Å². The molecule has 0 spiro atoms. The van der Waals surface area contributed by atoms with E-state index in [1.807, 2.05) is 56.7 Å². The molecule has 0 fully saturated rings. The molecule has 0 saturated heterocycles. The maximum atomic E-state index is 12.5. The maximum Gasteiger partial charge on any atom is 0.248 e. The molecular formula is C22H20N6O. The van der Waals surface area contributed by atoms with Crippen molar-refractivity contribution in [2.45, 2.75) is 0 Å². The molecule has 0 saturated carbocycles. The van der Waals surface area contributed by atoms with E-state index in [1.54, 1.807) is 40.2 Å². The Labute approximate surface area is 168 Å². The monoisotopic (exact) mass is 384 g/mol. The molecule has 1 N–H and O–H groups in total. The fourth-order valence-corrected chi connectivity index (χ4v) is 3.13. The van der Waals surface area contributed by atoms with Crippen molar-refractivity contribution in [1.82, 2.24) is 24.5 Å². The summed E-state index contributed by atoms with van der Waals surface area (Å²) in [5, 5.41) is 11.3. The molecule has 7 heteroatoms. The van der Waals surface area contributed by atoms with Crippen molar-refractivity contribution >= 4 is 17.7 Å². The molecule has 1 aromatic carbocycles. The zero-order chi connectivity index (χ0) is 20.2. The Morgan fingerprint density at radius 1 is 1.03 bits per heavy atom. The van der Waals surface area contributed by atoms with Gasteiger partial charge in [-0.1, -0.05) is 12.1 Å². The van der Waals surface area contributed by atoms with Crippen LogP contribution in [0.2, 0.25) is 0 Å². The predicted octanol–water partition coefficient (Wildman–Crippen LogP) is 3.53. The highest BCUT2D eigenvalue weighted by Gasteiger charge is 2.07. The number of benzene rings is 1. The fraction of sp³-hybridized carbons (Fsp3) is 0.0909. The van der Waals surface area contributed by atoms with E-state index in [9.17, 15) is 4.79 Å². The Morgan fingerprint density at radius 3 is 2.69 bits per heavy atom. The minimum Gasteiger partial charge on any atom is -0.322 e. The quantitative estimate of drug-likeness (QED) is 0.534. The summed E-state index contributed by atoms with van der Waals surface area (Å²) in [6.45, 7) is 0. The number of carbonyl (C=O) groups excluding carboxylic acids is 1. The van der Waals surface area contributed by atoms with Crippen LogP contribution in [0.25, 0.3) is 28.5 Å². The molecule has 3 aromatic heterocycles. The third kappa shape index (κ3) is 4.14. The molecular weight excluding hydrogens is 364 g/mol. The number of amides is 1. The van der Waals surface area contributed by atoms with E-state index >= 15 is 0 Å². The molecule has 0 radical (unpaired) electrons. The fourth-order valence-electron chi connectivity index (χ4n) is 3.13. The number of anilines is 1. The number of aryl methyl sites for hydroxylation is 2. The highest BCUT2D eigenvalue weighted by atomic mass is 16.1. The van der Waals surface area contributed by atoms with Crippen molar-refractivity contribution < 1.29 is 4.79 Å². The average Bonchev–Trinajstić information content (AvgIpc) is 3.35. The van der Waals surface area contributed by atoms with Gasteiger partial charge in [0.2, 0.25) is 5.91 Å². The normalized spacial score (nSPS) is 11.1. The average molecular weight is 384 g/mol. The third-order valence-electron chi connectivity index (χ3n) is 4.53. The molecule has 0 bridgehead atoms. The Kier molecular flexibility index (Phi) is 5.03. The van der Waals surface area contributed by atoms with Gasteiger partial charge < -0.3 is 5.32 Å². The second-order valence-corrected chi connectivity index (χ2v) is 6.61. The van der Waals surface area contributed by atoms with Crippen LogP contribution in [0.15, 0.2) is 73.5 Å². The van der Waals surface area contributed by atoms with Crippen LogP contribution in [-0.4, -0.2) is 30.5 Å². The minimum absolute atomic E-state index is 0.215. The number of hydrogen-bond acceptors (Lipinski definition) is 4. The van der Waals surface area contributed by atoms with Gasteiger partial charge in [-0.2, -0.15) is 10.2 Å². The van der Waals surface area contributed by atoms with Crippen LogP contribution in [0.3, 0.4) is 0 Å². The summed E-state index contributed by atoms with van der Waals surface area (Å²) in [7, 11) is 3.75. The lowest BCUT2D eigenvalue weighted by molar-refractivity contribution is -0.111. The summed E-state index contributed by atoms with van der Waals surface area (Å²) in [6.07, 6.45) is 12.2. The summed E-state index contributed by atoms with van der Waals surface area (Å²) >= 11 is 0. The van der Waals surface area contributed by atoms with Crippen molar-refractivity contribution in [3.8, 4) is 22.4 Å². The van der Waals surface area contributed by atoms with Crippen LogP contribution in [0.4, 0.5) is 5.69 Å². The Morgan fingerprint density at radius 2 is 1.93 bits per heavy atom. The Balaban J connectivity index is 1.51. The second-order valence-electron chi connectivity index (χ2n) is 6.61. The summed E-state index contributed by atoms with van der Waals surface area (Å²) in [6, 6.07) is 11.5. The zero-order valence-corrected chi connectivity index (χ0v) is 16.1.